The van der Waals surface area contributed by atoms with Crippen molar-refractivity contribution < 1.29 is 24.2 Å². The fourth-order valence-corrected chi connectivity index (χ4v) is 4.71. The van der Waals surface area contributed by atoms with Gasteiger partial charge in [-0.15, -0.1) is 0 Å². The van der Waals surface area contributed by atoms with Gasteiger partial charge in [0.2, 0.25) is 5.91 Å². The molecule has 2 aromatic carbocycles. The molecule has 174 valence electrons. The Morgan fingerprint density at radius 2 is 1.76 bits per heavy atom. The zero-order chi connectivity index (χ0) is 23.4. The standard InChI is InChI=1S/C26H30N2O5/c1-33-22-8-5-18(6-9-22)11-14-27(26(31)32)13-3-2-4-23(29)21-16-19-7-10-24(30)28-15-12-20(17-21)25(19)28/h5-6,8-9,16-17H,2-4,7,10-15H2,1H3,(H,31,32). The number of aryl methyl sites for hydroxylation is 1. The minimum absolute atomic E-state index is 0.0875. The number of benzene rings is 2. The lowest BCUT2D eigenvalue weighted by molar-refractivity contribution is -0.118. The van der Waals surface area contributed by atoms with E-state index >= 15 is 0 Å². The van der Waals surface area contributed by atoms with Crippen molar-refractivity contribution in [3.05, 3.63) is 58.7 Å². The second kappa shape index (κ2) is 10.1. The van der Waals surface area contributed by atoms with Crippen LogP contribution in [0.25, 0.3) is 0 Å². The van der Waals surface area contributed by atoms with Crippen molar-refractivity contribution in [1.82, 2.24) is 4.90 Å². The van der Waals surface area contributed by atoms with E-state index in [1.54, 1.807) is 7.11 Å². The van der Waals surface area contributed by atoms with Crippen LogP contribution in [0.1, 0.15) is 52.7 Å². The molecule has 0 radical (unpaired) electrons. The predicted octanol–water partition coefficient (Wildman–Crippen LogP) is 4.11. The van der Waals surface area contributed by atoms with E-state index in [4.69, 9.17) is 4.74 Å². The van der Waals surface area contributed by atoms with Gasteiger partial charge >= 0.3 is 6.09 Å². The maximum atomic E-state index is 12.8. The predicted molar refractivity (Wildman–Crippen MR) is 125 cm³/mol. The first kappa shape index (κ1) is 22.8. The second-order valence-electron chi connectivity index (χ2n) is 8.69. The van der Waals surface area contributed by atoms with Crippen LogP contribution in [0.4, 0.5) is 10.5 Å². The number of ketones is 1. The molecule has 2 aliphatic rings. The van der Waals surface area contributed by atoms with Gasteiger partial charge in [0.25, 0.3) is 0 Å². The normalized spacial score (nSPS) is 14.2. The summed E-state index contributed by atoms with van der Waals surface area (Å²) in [5, 5.41) is 9.52. The lowest BCUT2D eigenvalue weighted by atomic mass is 9.94. The molecule has 7 nitrogen and oxygen atoms in total. The molecule has 0 bridgehead atoms. The number of amides is 2. The van der Waals surface area contributed by atoms with Gasteiger partial charge in [-0.25, -0.2) is 4.79 Å². The zero-order valence-corrected chi connectivity index (χ0v) is 19.0. The molecule has 2 aromatic rings. The largest absolute Gasteiger partial charge is 0.497 e. The lowest BCUT2D eigenvalue weighted by Crippen LogP contribution is -2.33. The summed E-state index contributed by atoms with van der Waals surface area (Å²) in [6, 6.07) is 11.5. The Kier molecular flexibility index (Phi) is 6.96. The van der Waals surface area contributed by atoms with Gasteiger partial charge < -0.3 is 19.6 Å². The van der Waals surface area contributed by atoms with Gasteiger partial charge in [-0.05, 0) is 73.1 Å². The number of rotatable bonds is 10. The Labute approximate surface area is 193 Å². The van der Waals surface area contributed by atoms with E-state index in [9.17, 15) is 19.5 Å². The molecule has 0 saturated carbocycles. The van der Waals surface area contributed by atoms with Crippen LogP contribution in [0.15, 0.2) is 36.4 Å². The number of hydrogen-bond donors (Lipinski definition) is 1. The number of anilines is 1. The summed E-state index contributed by atoms with van der Waals surface area (Å²) in [5.41, 5.74) is 4.99. The topological polar surface area (TPSA) is 87.2 Å². The zero-order valence-electron chi connectivity index (χ0n) is 19.0. The average molecular weight is 451 g/mol. The molecular formula is C26H30N2O5. The molecular weight excluding hydrogens is 420 g/mol. The van der Waals surface area contributed by atoms with Crippen molar-refractivity contribution in [1.29, 1.82) is 0 Å². The molecule has 4 rings (SSSR count). The summed E-state index contributed by atoms with van der Waals surface area (Å²) in [6.07, 6.45) is 3.37. The molecule has 2 heterocycles. The quantitative estimate of drug-likeness (QED) is 0.435. The van der Waals surface area contributed by atoms with Gasteiger partial charge in [0, 0.05) is 38.0 Å². The SMILES string of the molecule is COc1ccc(CCN(CCCCC(=O)c2cc3c4c(c2)CCN4C(=O)CC3)C(=O)O)cc1. The van der Waals surface area contributed by atoms with Crippen molar-refractivity contribution in [2.24, 2.45) is 0 Å². The molecule has 2 aliphatic heterocycles. The van der Waals surface area contributed by atoms with Gasteiger partial charge in [-0.2, -0.15) is 0 Å². The highest BCUT2D eigenvalue weighted by atomic mass is 16.5. The molecule has 1 N–H and O–H groups in total. The van der Waals surface area contributed by atoms with E-state index in [-0.39, 0.29) is 11.7 Å². The van der Waals surface area contributed by atoms with Crippen molar-refractivity contribution in [3.8, 4) is 5.75 Å². The molecule has 0 atom stereocenters. The molecule has 7 heteroatoms. The average Bonchev–Trinajstić information content (AvgIpc) is 3.26. The van der Waals surface area contributed by atoms with Crippen LogP contribution in [-0.4, -0.2) is 54.5 Å². The first-order valence-electron chi connectivity index (χ1n) is 11.6. The number of carbonyl (C=O) groups excluding carboxylic acids is 2. The third kappa shape index (κ3) is 5.18. The Morgan fingerprint density at radius 3 is 2.45 bits per heavy atom. The van der Waals surface area contributed by atoms with Crippen LogP contribution in [0.2, 0.25) is 0 Å². The number of unbranched alkanes of at least 4 members (excludes halogenated alkanes) is 1. The van der Waals surface area contributed by atoms with Gasteiger partial charge in [-0.3, -0.25) is 9.59 Å². The van der Waals surface area contributed by atoms with E-state index < -0.39 is 6.09 Å². The van der Waals surface area contributed by atoms with Crippen molar-refractivity contribution in [2.45, 2.75) is 44.9 Å². The summed E-state index contributed by atoms with van der Waals surface area (Å²) in [4.78, 5) is 39.8. The van der Waals surface area contributed by atoms with Crippen LogP contribution >= 0.6 is 0 Å². The fourth-order valence-electron chi connectivity index (χ4n) is 4.71. The number of methoxy groups -OCH3 is 1. The number of carboxylic acid groups (broad SMARTS) is 1. The van der Waals surface area contributed by atoms with Crippen molar-refractivity contribution in [2.75, 3.05) is 31.6 Å². The summed E-state index contributed by atoms with van der Waals surface area (Å²) in [5.74, 6) is 1.04. The van der Waals surface area contributed by atoms with Gasteiger partial charge in [0.15, 0.2) is 5.78 Å². The highest BCUT2D eigenvalue weighted by Gasteiger charge is 2.31. The lowest BCUT2D eigenvalue weighted by Gasteiger charge is -2.25. The Hall–Kier alpha value is -3.35. The summed E-state index contributed by atoms with van der Waals surface area (Å²) >= 11 is 0. The Morgan fingerprint density at radius 1 is 1.03 bits per heavy atom. The van der Waals surface area contributed by atoms with Crippen LogP contribution in [0, 0.1) is 0 Å². The summed E-state index contributed by atoms with van der Waals surface area (Å²) in [7, 11) is 1.61. The highest BCUT2D eigenvalue weighted by molar-refractivity contribution is 6.02. The molecule has 0 spiro atoms. The molecule has 2 amide bonds. The molecule has 33 heavy (non-hydrogen) atoms. The molecule has 0 fully saturated rings. The smallest absolute Gasteiger partial charge is 0.407 e. The van der Waals surface area contributed by atoms with E-state index in [1.807, 2.05) is 41.3 Å². The van der Waals surface area contributed by atoms with E-state index in [2.05, 4.69) is 0 Å². The molecule has 0 aromatic heterocycles. The minimum atomic E-state index is -0.938. The third-order valence-corrected chi connectivity index (χ3v) is 6.56. The minimum Gasteiger partial charge on any atom is -0.497 e. The van der Waals surface area contributed by atoms with Crippen LogP contribution < -0.4 is 9.64 Å². The number of nitrogens with zero attached hydrogens (tertiary/aromatic N) is 2. The second-order valence-corrected chi connectivity index (χ2v) is 8.69. The monoisotopic (exact) mass is 450 g/mol. The Bertz CT molecular complexity index is 1050. The summed E-state index contributed by atoms with van der Waals surface area (Å²) in [6.45, 7) is 1.53. The Balaban J connectivity index is 1.26. The van der Waals surface area contributed by atoms with Crippen LogP contribution in [0.5, 0.6) is 5.75 Å². The van der Waals surface area contributed by atoms with Gasteiger partial charge in [0.1, 0.15) is 5.75 Å². The van der Waals surface area contributed by atoms with E-state index in [0.717, 1.165) is 40.1 Å². The highest BCUT2D eigenvalue weighted by Crippen LogP contribution is 2.37. The maximum absolute atomic E-state index is 12.8. The maximum Gasteiger partial charge on any atom is 0.407 e. The first-order valence-corrected chi connectivity index (χ1v) is 11.6. The number of ether oxygens (including phenoxy) is 1. The number of hydrogen-bond acceptors (Lipinski definition) is 4. The number of carbonyl (C=O) groups is 3. The van der Waals surface area contributed by atoms with Crippen LogP contribution in [-0.2, 0) is 24.1 Å². The summed E-state index contributed by atoms with van der Waals surface area (Å²) < 4.78 is 5.15. The van der Waals surface area contributed by atoms with Crippen molar-refractivity contribution >= 4 is 23.5 Å². The third-order valence-electron chi connectivity index (χ3n) is 6.56. The number of Topliss-reactive ketones (excluding diaryl/α,β-unsaturated/α-hetero) is 1. The molecule has 0 aliphatic carbocycles. The molecule has 0 unspecified atom stereocenters. The van der Waals surface area contributed by atoms with E-state index in [1.165, 1.54) is 4.90 Å². The van der Waals surface area contributed by atoms with E-state index in [0.29, 0.717) is 58.2 Å². The first-order chi connectivity index (χ1) is 16.0. The van der Waals surface area contributed by atoms with Gasteiger partial charge in [-0.1, -0.05) is 12.1 Å². The van der Waals surface area contributed by atoms with Gasteiger partial charge in [0.05, 0.1) is 12.8 Å². The van der Waals surface area contributed by atoms with Crippen molar-refractivity contribution in [3.63, 3.8) is 0 Å². The molecule has 0 saturated heterocycles. The fraction of sp³-hybridized carbons (Fsp3) is 0.423. The van der Waals surface area contributed by atoms with Crippen LogP contribution in [0.3, 0.4) is 0 Å².